The van der Waals surface area contributed by atoms with E-state index < -0.39 is 0 Å². The zero-order valence-electron chi connectivity index (χ0n) is 7.68. The molecule has 0 aromatic carbocycles. The Labute approximate surface area is 73.7 Å². The van der Waals surface area contributed by atoms with E-state index in [9.17, 15) is 4.79 Å². The lowest BCUT2D eigenvalue weighted by atomic mass is 9.93. The van der Waals surface area contributed by atoms with Crippen molar-refractivity contribution in [1.82, 2.24) is 5.32 Å². The fourth-order valence-electron chi connectivity index (χ4n) is 1.24. The summed E-state index contributed by atoms with van der Waals surface area (Å²) in [7, 11) is 0. The van der Waals surface area contributed by atoms with Crippen LogP contribution in [-0.2, 0) is 4.79 Å². The minimum Gasteiger partial charge on any atom is -0.353 e. The van der Waals surface area contributed by atoms with Crippen LogP contribution in [0.25, 0.3) is 0 Å². The lowest BCUT2D eigenvalue weighted by Gasteiger charge is -2.26. The zero-order valence-corrected chi connectivity index (χ0v) is 7.68. The van der Waals surface area contributed by atoms with Crippen molar-refractivity contribution in [2.45, 2.75) is 38.6 Å². The van der Waals surface area contributed by atoms with E-state index in [1.807, 2.05) is 6.92 Å². The van der Waals surface area contributed by atoms with Gasteiger partial charge in [0.2, 0.25) is 5.91 Å². The van der Waals surface area contributed by atoms with Gasteiger partial charge in [0, 0.05) is 12.5 Å². The number of nitrogens with two attached hydrogens (primary N) is 1. The second kappa shape index (κ2) is 4.45. The maximum atomic E-state index is 11.2. The van der Waals surface area contributed by atoms with Gasteiger partial charge in [-0.15, -0.1) is 0 Å². The van der Waals surface area contributed by atoms with Gasteiger partial charge < -0.3 is 11.1 Å². The average molecular weight is 170 g/mol. The van der Waals surface area contributed by atoms with Crippen molar-refractivity contribution in [3.05, 3.63) is 0 Å². The van der Waals surface area contributed by atoms with Gasteiger partial charge in [-0.1, -0.05) is 6.92 Å². The van der Waals surface area contributed by atoms with Gasteiger partial charge in [-0.05, 0) is 31.7 Å². The van der Waals surface area contributed by atoms with Gasteiger partial charge in [0.05, 0.1) is 0 Å². The molecule has 3 nitrogen and oxygen atoms in total. The van der Waals surface area contributed by atoms with Gasteiger partial charge >= 0.3 is 0 Å². The molecule has 1 amide bonds. The molecule has 0 saturated heterocycles. The number of carbonyl (C=O) groups excluding carboxylic acids is 1. The van der Waals surface area contributed by atoms with Crippen molar-refractivity contribution >= 4 is 5.91 Å². The fourth-order valence-corrected chi connectivity index (χ4v) is 1.24. The third-order valence-electron chi connectivity index (χ3n) is 2.41. The van der Waals surface area contributed by atoms with Gasteiger partial charge in [-0.3, -0.25) is 4.79 Å². The van der Waals surface area contributed by atoms with Crippen LogP contribution in [0.15, 0.2) is 0 Å². The summed E-state index contributed by atoms with van der Waals surface area (Å²) in [5, 5.41) is 2.99. The summed E-state index contributed by atoms with van der Waals surface area (Å²) in [6, 6.07) is 0.461. The molecule has 3 N–H and O–H groups in total. The van der Waals surface area contributed by atoms with Crippen LogP contribution in [0.1, 0.15) is 32.6 Å². The first-order chi connectivity index (χ1) is 5.72. The number of rotatable bonds is 4. The molecule has 1 aliphatic rings. The molecule has 1 saturated carbocycles. The standard InChI is InChI=1S/C9H18N2O/c1-7(6-10)5-9(12)11-8-3-2-4-8/h7-8H,2-6,10H2,1H3,(H,11,12). The number of amides is 1. The summed E-state index contributed by atoms with van der Waals surface area (Å²) in [4.78, 5) is 11.2. The zero-order chi connectivity index (χ0) is 8.97. The van der Waals surface area contributed by atoms with Crippen molar-refractivity contribution in [1.29, 1.82) is 0 Å². The van der Waals surface area contributed by atoms with E-state index in [1.54, 1.807) is 0 Å². The molecular weight excluding hydrogens is 152 g/mol. The van der Waals surface area contributed by atoms with Crippen LogP contribution in [0.2, 0.25) is 0 Å². The van der Waals surface area contributed by atoms with Crippen LogP contribution in [0, 0.1) is 5.92 Å². The number of carbonyl (C=O) groups is 1. The van der Waals surface area contributed by atoms with Gasteiger partial charge in [0.1, 0.15) is 0 Å². The molecule has 0 aromatic heterocycles. The first-order valence-electron chi connectivity index (χ1n) is 4.71. The first kappa shape index (κ1) is 9.52. The average Bonchev–Trinajstić information content (AvgIpc) is 1.97. The van der Waals surface area contributed by atoms with E-state index in [4.69, 9.17) is 5.73 Å². The second-order valence-corrected chi connectivity index (χ2v) is 3.74. The molecular formula is C9H18N2O. The lowest BCUT2D eigenvalue weighted by molar-refractivity contribution is -0.123. The van der Waals surface area contributed by atoms with Crippen molar-refractivity contribution in [3.8, 4) is 0 Å². The van der Waals surface area contributed by atoms with E-state index >= 15 is 0 Å². The molecule has 3 heteroatoms. The van der Waals surface area contributed by atoms with E-state index in [2.05, 4.69) is 5.32 Å². The van der Waals surface area contributed by atoms with Gasteiger partial charge in [-0.2, -0.15) is 0 Å². The minimum absolute atomic E-state index is 0.164. The summed E-state index contributed by atoms with van der Waals surface area (Å²) in [5.74, 6) is 0.475. The Balaban J connectivity index is 2.10. The molecule has 0 aliphatic heterocycles. The van der Waals surface area contributed by atoms with E-state index in [1.165, 1.54) is 6.42 Å². The highest BCUT2D eigenvalue weighted by Crippen LogP contribution is 2.18. The third-order valence-corrected chi connectivity index (χ3v) is 2.41. The van der Waals surface area contributed by atoms with Gasteiger partial charge in [-0.25, -0.2) is 0 Å². The topological polar surface area (TPSA) is 55.1 Å². The van der Waals surface area contributed by atoms with Crippen LogP contribution < -0.4 is 11.1 Å². The van der Waals surface area contributed by atoms with Crippen molar-refractivity contribution < 1.29 is 4.79 Å². The number of nitrogens with one attached hydrogen (secondary N) is 1. The molecule has 1 atom stereocenters. The molecule has 1 fully saturated rings. The van der Waals surface area contributed by atoms with Crippen LogP contribution in [0.4, 0.5) is 0 Å². The Bertz CT molecular complexity index is 146. The Kier molecular flexibility index (Phi) is 3.53. The van der Waals surface area contributed by atoms with Crippen LogP contribution >= 0.6 is 0 Å². The maximum absolute atomic E-state index is 11.2. The van der Waals surface area contributed by atoms with Crippen molar-refractivity contribution in [2.75, 3.05) is 6.54 Å². The summed E-state index contributed by atoms with van der Waals surface area (Å²) in [5.41, 5.74) is 5.42. The molecule has 12 heavy (non-hydrogen) atoms. The van der Waals surface area contributed by atoms with E-state index in [0.29, 0.717) is 24.9 Å². The Morgan fingerprint density at radius 2 is 2.33 bits per heavy atom. The normalized spacial score (nSPS) is 19.8. The largest absolute Gasteiger partial charge is 0.353 e. The van der Waals surface area contributed by atoms with Crippen molar-refractivity contribution in [3.63, 3.8) is 0 Å². The van der Waals surface area contributed by atoms with Gasteiger partial charge in [0.25, 0.3) is 0 Å². The first-order valence-corrected chi connectivity index (χ1v) is 4.71. The van der Waals surface area contributed by atoms with Crippen molar-refractivity contribution in [2.24, 2.45) is 11.7 Å². The molecule has 1 rings (SSSR count). The predicted octanol–water partition coefficient (Wildman–Crippen LogP) is 0.640. The number of hydrogen-bond acceptors (Lipinski definition) is 2. The predicted molar refractivity (Wildman–Crippen MR) is 48.6 cm³/mol. The molecule has 0 aromatic rings. The third kappa shape index (κ3) is 2.81. The lowest BCUT2D eigenvalue weighted by Crippen LogP contribution is -2.40. The van der Waals surface area contributed by atoms with Crippen LogP contribution in [0.5, 0.6) is 0 Å². The Morgan fingerprint density at radius 1 is 1.67 bits per heavy atom. The van der Waals surface area contributed by atoms with Gasteiger partial charge in [0.15, 0.2) is 0 Å². The SMILES string of the molecule is CC(CN)CC(=O)NC1CCC1. The Hall–Kier alpha value is -0.570. The quantitative estimate of drug-likeness (QED) is 0.650. The molecule has 1 aliphatic carbocycles. The smallest absolute Gasteiger partial charge is 0.220 e. The second-order valence-electron chi connectivity index (χ2n) is 3.74. The highest BCUT2D eigenvalue weighted by atomic mass is 16.1. The summed E-state index contributed by atoms with van der Waals surface area (Å²) in [6.07, 6.45) is 4.15. The fraction of sp³-hybridized carbons (Fsp3) is 0.889. The molecule has 1 unspecified atom stereocenters. The highest BCUT2D eigenvalue weighted by Gasteiger charge is 2.19. The van der Waals surface area contributed by atoms with Crippen LogP contribution in [0.3, 0.4) is 0 Å². The van der Waals surface area contributed by atoms with E-state index in [0.717, 1.165) is 12.8 Å². The van der Waals surface area contributed by atoms with Crippen LogP contribution in [-0.4, -0.2) is 18.5 Å². The minimum atomic E-state index is 0.164. The Morgan fingerprint density at radius 3 is 2.75 bits per heavy atom. The monoisotopic (exact) mass is 170 g/mol. The number of hydrogen-bond donors (Lipinski definition) is 2. The summed E-state index contributed by atoms with van der Waals surface area (Å²) >= 11 is 0. The summed E-state index contributed by atoms with van der Waals surface area (Å²) < 4.78 is 0. The molecule has 0 spiro atoms. The molecule has 0 heterocycles. The maximum Gasteiger partial charge on any atom is 0.220 e. The molecule has 0 radical (unpaired) electrons. The highest BCUT2D eigenvalue weighted by molar-refractivity contribution is 5.76. The van der Waals surface area contributed by atoms with E-state index in [-0.39, 0.29) is 5.91 Å². The molecule has 0 bridgehead atoms. The molecule has 70 valence electrons. The summed E-state index contributed by atoms with van der Waals surface area (Å²) in [6.45, 7) is 2.60.